The van der Waals surface area contributed by atoms with Gasteiger partial charge in [0.1, 0.15) is 11.6 Å². The van der Waals surface area contributed by atoms with E-state index in [9.17, 15) is 4.39 Å². The monoisotopic (exact) mass is 372 g/mol. The number of methoxy groups -OCH3 is 1. The molecular formula is C15H15BrClFN2O. The number of hydrogen-bond acceptors (Lipinski definition) is 3. The second-order valence-electron chi connectivity index (χ2n) is 4.55. The lowest BCUT2D eigenvalue weighted by Crippen LogP contribution is -2.30. The summed E-state index contributed by atoms with van der Waals surface area (Å²) < 4.78 is 20.1. The van der Waals surface area contributed by atoms with Crippen LogP contribution in [-0.2, 0) is 6.42 Å². The molecule has 0 aliphatic carbocycles. The van der Waals surface area contributed by atoms with Gasteiger partial charge in [0, 0.05) is 15.1 Å². The topological polar surface area (TPSA) is 47.3 Å². The Morgan fingerprint density at radius 1 is 1.33 bits per heavy atom. The molecule has 1 atom stereocenters. The lowest BCUT2D eigenvalue weighted by atomic mass is 9.99. The van der Waals surface area contributed by atoms with Gasteiger partial charge in [0.15, 0.2) is 0 Å². The van der Waals surface area contributed by atoms with E-state index in [1.165, 1.54) is 12.1 Å². The Bertz CT molecular complexity index is 639. The molecule has 0 aliphatic rings. The van der Waals surface area contributed by atoms with E-state index in [0.29, 0.717) is 17.0 Å². The van der Waals surface area contributed by atoms with Gasteiger partial charge in [-0.25, -0.2) is 4.39 Å². The molecule has 0 saturated heterocycles. The van der Waals surface area contributed by atoms with Gasteiger partial charge in [-0.3, -0.25) is 11.3 Å². The van der Waals surface area contributed by atoms with Crippen LogP contribution in [0.5, 0.6) is 5.75 Å². The molecule has 0 bridgehead atoms. The smallest absolute Gasteiger partial charge is 0.128 e. The SMILES string of the molecule is COc1ccc(Br)c(CC(NN)c2cc(Cl)ccc2F)c1. The van der Waals surface area contributed by atoms with Crippen LogP contribution in [0, 0.1) is 5.82 Å². The number of hydrogen-bond donors (Lipinski definition) is 2. The summed E-state index contributed by atoms with van der Waals surface area (Å²) in [4.78, 5) is 0. The minimum Gasteiger partial charge on any atom is -0.497 e. The third-order valence-corrected chi connectivity index (χ3v) is 4.22. The first-order valence-corrected chi connectivity index (χ1v) is 7.45. The number of nitrogens with two attached hydrogens (primary N) is 1. The zero-order valence-corrected chi connectivity index (χ0v) is 13.7. The lowest BCUT2D eigenvalue weighted by molar-refractivity contribution is 0.413. The third-order valence-electron chi connectivity index (χ3n) is 3.21. The van der Waals surface area contributed by atoms with E-state index in [2.05, 4.69) is 21.4 Å². The number of nitrogens with one attached hydrogen (secondary N) is 1. The fraction of sp³-hybridized carbons (Fsp3) is 0.200. The zero-order chi connectivity index (χ0) is 15.4. The summed E-state index contributed by atoms with van der Waals surface area (Å²) in [6, 6.07) is 9.64. The van der Waals surface area contributed by atoms with Gasteiger partial charge in [0.2, 0.25) is 0 Å². The summed E-state index contributed by atoms with van der Waals surface area (Å²) >= 11 is 9.41. The van der Waals surface area contributed by atoms with E-state index in [4.69, 9.17) is 22.2 Å². The van der Waals surface area contributed by atoms with Crippen molar-refractivity contribution in [3.8, 4) is 5.75 Å². The van der Waals surface area contributed by atoms with Crippen LogP contribution in [0.4, 0.5) is 4.39 Å². The maximum absolute atomic E-state index is 14.0. The minimum atomic E-state index is -0.396. The number of benzene rings is 2. The Balaban J connectivity index is 2.33. The number of rotatable bonds is 5. The summed E-state index contributed by atoms with van der Waals surface area (Å²) in [5.74, 6) is 5.97. The van der Waals surface area contributed by atoms with Crippen molar-refractivity contribution in [3.63, 3.8) is 0 Å². The van der Waals surface area contributed by atoms with E-state index in [1.54, 1.807) is 13.2 Å². The van der Waals surface area contributed by atoms with Crippen molar-refractivity contribution in [2.45, 2.75) is 12.5 Å². The second kappa shape index (κ2) is 7.22. The van der Waals surface area contributed by atoms with Crippen molar-refractivity contribution in [1.29, 1.82) is 0 Å². The van der Waals surface area contributed by atoms with Crippen LogP contribution in [0.25, 0.3) is 0 Å². The van der Waals surface area contributed by atoms with E-state index in [0.717, 1.165) is 15.8 Å². The lowest BCUT2D eigenvalue weighted by Gasteiger charge is -2.18. The molecular weight excluding hydrogens is 359 g/mol. The first kappa shape index (κ1) is 16.2. The Morgan fingerprint density at radius 3 is 2.76 bits per heavy atom. The van der Waals surface area contributed by atoms with Crippen molar-refractivity contribution >= 4 is 27.5 Å². The van der Waals surface area contributed by atoms with Crippen LogP contribution < -0.4 is 16.0 Å². The van der Waals surface area contributed by atoms with Gasteiger partial charge in [-0.1, -0.05) is 27.5 Å². The second-order valence-corrected chi connectivity index (χ2v) is 5.84. The summed E-state index contributed by atoms with van der Waals surface area (Å²) in [6.45, 7) is 0. The van der Waals surface area contributed by atoms with Crippen LogP contribution in [0.3, 0.4) is 0 Å². The highest BCUT2D eigenvalue weighted by Crippen LogP contribution is 2.29. The number of ether oxygens (including phenoxy) is 1. The Hall–Kier alpha value is -1.14. The maximum Gasteiger partial charge on any atom is 0.128 e. The molecule has 0 fully saturated rings. The summed E-state index contributed by atoms with van der Waals surface area (Å²) in [5, 5.41) is 0.469. The van der Waals surface area contributed by atoms with Crippen molar-refractivity contribution in [2.24, 2.45) is 5.84 Å². The van der Waals surface area contributed by atoms with E-state index in [1.807, 2.05) is 18.2 Å². The molecule has 6 heteroatoms. The predicted octanol–water partition coefficient (Wildman–Crippen LogP) is 4.00. The summed E-state index contributed by atoms with van der Waals surface area (Å²) in [6.07, 6.45) is 0.492. The van der Waals surface area contributed by atoms with Crippen LogP contribution in [0.1, 0.15) is 17.2 Å². The molecule has 112 valence electrons. The number of hydrazine groups is 1. The van der Waals surface area contributed by atoms with Crippen LogP contribution >= 0.6 is 27.5 Å². The van der Waals surface area contributed by atoms with E-state index in [-0.39, 0.29) is 5.82 Å². The van der Waals surface area contributed by atoms with Crippen LogP contribution in [0.2, 0.25) is 5.02 Å². The first-order chi connectivity index (χ1) is 10.0. The average Bonchev–Trinajstić information content (AvgIpc) is 2.49. The standard InChI is InChI=1S/C15H15BrClFN2O/c1-21-11-3-4-13(16)9(6-11)7-15(20-19)12-8-10(17)2-5-14(12)18/h2-6,8,15,20H,7,19H2,1H3. The van der Waals surface area contributed by atoms with Gasteiger partial charge in [0.05, 0.1) is 13.2 Å². The highest BCUT2D eigenvalue weighted by molar-refractivity contribution is 9.10. The molecule has 2 aromatic carbocycles. The molecule has 0 amide bonds. The van der Waals surface area contributed by atoms with Gasteiger partial charge >= 0.3 is 0 Å². The number of halogens is 3. The highest BCUT2D eigenvalue weighted by atomic mass is 79.9. The van der Waals surface area contributed by atoms with Crippen molar-refractivity contribution in [1.82, 2.24) is 5.43 Å². The fourth-order valence-corrected chi connectivity index (χ4v) is 2.68. The molecule has 2 rings (SSSR count). The van der Waals surface area contributed by atoms with E-state index >= 15 is 0 Å². The molecule has 0 aliphatic heterocycles. The summed E-state index contributed by atoms with van der Waals surface area (Å²) in [5.41, 5.74) is 4.02. The molecule has 3 nitrogen and oxygen atoms in total. The molecule has 0 saturated carbocycles. The highest BCUT2D eigenvalue weighted by Gasteiger charge is 2.17. The van der Waals surface area contributed by atoms with E-state index < -0.39 is 6.04 Å². The van der Waals surface area contributed by atoms with Gasteiger partial charge < -0.3 is 4.74 Å². The minimum absolute atomic E-state index is 0.346. The Labute approximate surface area is 136 Å². The first-order valence-electron chi connectivity index (χ1n) is 6.28. The molecule has 3 N–H and O–H groups in total. The zero-order valence-electron chi connectivity index (χ0n) is 11.4. The third kappa shape index (κ3) is 3.95. The van der Waals surface area contributed by atoms with Crippen molar-refractivity contribution < 1.29 is 9.13 Å². The largest absolute Gasteiger partial charge is 0.497 e. The van der Waals surface area contributed by atoms with Gasteiger partial charge in [-0.05, 0) is 48.4 Å². The Kier molecular flexibility index (Phi) is 5.58. The molecule has 1 unspecified atom stereocenters. The van der Waals surface area contributed by atoms with Crippen LogP contribution in [0.15, 0.2) is 40.9 Å². The Morgan fingerprint density at radius 2 is 2.10 bits per heavy atom. The molecule has 21 heavy (non-hydrogen) atoms. The van der Waals surface area contributed by atoms with Crippen LogP contribution in [-0.4, -0.2) is 7.11 Å². The quantitative estimate of drug-likeness (QED) is 0.615. The van der Waals surface area contributed by atoms with Crippen molar-refractivity contribution in [2.75, 3.05) is 7.11 Å². The summed E-state index contributed by atoms with van der Waals surface area (Å²) in [7, 11) is 1.60. The molecule has 0 spiro atoms. The normalized spacial score (nSPS) is 12.2. The van der Waals surface area contributed by atoms with Crippen molar-refractivity contribution in [3.05, 3.63) is 62.8 Å². The average molecular weight is 374 g/mol. The fourth-order valence-electron chi connectivity index (χ4n) is 2.09. The van der Waals surface area contributed by atoms with Gasteiger partial charge in [0.25, 0.3) is 0 Å². The predicted molar refractivity (Wildman–Crippen MR) is 85.9 cm³/mol. The van der Waals surface area contributed by atoms with Gasteiger partial charge in [-0.15, -0.1) is 0 Å². The molecule has 0 heterocycles. The molecule has 2 aromatic rings. The molecule has 0 aromatic heterocycles. The molecule has 0 radical (unpaired) electrons. The maximum atomic E-state index is 14.0. The van der Waals surface area contributed by atoms with Gasteiger partial charge in [-0.2, -0.15) is 0 Å².